The molecule has 1 aromatic carbocycles. The van der Waals surface area contributed by atoms with Crippen LogP contribution in [0.2, 0.25) is 0 Å². The van der Waals surface area contributed by atoms with E-state index in [-0.39, 0.29) is 24.9 Å². The van der Waals surface area contributed by atoms with Crippen LogP contribution >= 0.6 is 0 Å². The van der Waals surface area contributed by atoms with Gasteiger partial charge in [0.2, 0.25) is 0 Å². The second-order valence-corrected chi connectivity index (χ2v) is 8.10. The fraction of sp³-hybridized carbons (Fsp3) is 0.571. The highest BCUT2D eigenvalue weighted by atomic mass is 19.3. The first-order valence-corrected chi connectivity index (χ1v) is 10.4. The number of nitrogens with zero attached hydrogens (tertiary/aromatic N) is 5. The SMILES string of the molecule is O=C(c1cn(C[C@@H]2CC(F)(F)CN2CCCc2ccccc2)nn1)N1CCCC1. The van der Waals surface area contributed by atoms with E-state index in [4.69, 9.17) is 0 Å². The number of carbonyl (C=O) groups is 1. The smallest absolute Gasteiger partial charge is 0.276 e. The monoisotopic (exact) mass is 403 g/mol. The predicted octanol–water partition coefficient (Wildman–Crippen LogP) is 2.86. The number of carbonyl (C=O) groups excluding carboxylic acids is 1. The molecule has 29 heavy (non-hydrogen) atoms. The van der Waals surface area contributed by atoms with Gasteiger partial charge in [0.05, 0.1) is 19.3 Å². The lowest BCUT2D eigenvalue weighted by molar-refractivity contribution is 0.0119. The van der Waals surface area contributed by atoms with Gasteiger partial charge in [0.25, 0.3) is 11.8 Å². The lowest BCUT2D eigenvalue weighted by atomic mass is 10.1. The van der Waals surface area contributed by atoms with E-state index in [0.29, 0.717) is 18.8 Å². The Bertz CT molecular complexity index is 819. The number of halogens is 2. The Morgan fingerprint density at radius 2 is 1.93 bits per heavy atom. The quantitative estimate of drug-likeness (QED) is 0.713. The first-order valence-electron chi connectivity index (χ1n) is 10.4. The predicted molar refractivity (Wildman–Crippen MR) is 105 cm³/mol. The van der Waals surface area contributed by atoms with Gasteiger partial charge in [-0.3, -0.25) is 14.4 Å². The molecule has 1 amide bonds. The third kappa shape index (κ3) is 4.98. The second-order valence-electron chi connectivity index (χ2n) is 8.10. The molecule has 1 atom stereocenters. The van der Waals surface area contributed by atoms with E-state index in [1.54, 1.807) is 15.8 Å². The lowest BCUT2D eigenvalue weighted by Gasteiger charge is -2.23. The lowest BCUT2D eigenvalue weighted by Crippen LogP contribution is -2.34. The molecule has 0 radical (unpaired) electrons. The average Bonchev–Trinajstić information content (AvgIpc) is 3.43. The standard InChI is InChI=1S/C21H27F2N5O/c22-21(23)13-18(27(16-21)12-6-9-17-7-2-1-3-8-17)14-28-15-19(24-25-28)20(29)26-10-4-5-11-26/h1-3,7-8,15,18H,4-6,9-14,16H2/t18-/m0/s1. The van der Waals surface area contributed by atoms with Crippen LogP contribution in [0.15, 0.2) is 36.5 Å². The molecular formula is C21H27F2N5O. The van der Waals surface area contributed by atoms with Crippen molar-refractivity contribution in [2.75, 3.05) is 26.2 Å². The first-order chi connectivity index (χ1) is 14.0. The van der Waals surface area contributed by atoms with Gasteiger partial charge in [-0.25, -0.2) is 8.78 Å². The van der Waals surface area contributed by atoms with Crippen LogP contribution in [0.4, 0.5) is 8.78 Å². The minimum absolute atomic E-state index is 0.120. The van der Waals surface area contributed by atoms with Crippen molar-refractivity contribution in [2.45, 2.75) is 50.6 Å². The molecule has 156 valence electrons. The highest BCUT2D eigenvalue weighted by Gasteiger charge is 2.44. The molecule has 0 bridgehead atoms. The molecule has 0 aliphatic carbocycles. The van der Waals surface area contributed by atoms with Crippen LogP contribution in [0.5, 0.6) is 0 Å². The maximum absolute atomic E-state index is 14.1. The molecule has 3 heterocycles. The zero-order chi connectivity index (χ0) is 20.3. The Balaban J connectivity index is 1.35. The number of likely N-dealkylation sites (tertiary alicyclic amines) is 2. The van der Waals surface area contributed by atoms with Gasteiger partial charge in [-0.05, 0) is 37.8 Å². The Kier molecular flexibility index (Phi) is 5.89. The minimum Gasteiger partial charge on any atom is -0.337 e. The van der Waals surface area contributed by atoms with Gasteiger partial charge in [-0.1, -0.05) is 35.5 Å². The van der Waals surface area contributed by atoms with Gasteiger partial charge in [0.1, 0.15) is 0 Å². The second kappa shape index (κ2) is 8.57. The van der Waals surface area contributed by atoms with Crippen LogP contribution in [-0.4, -0.2) is 68.8 Å². The summed E-state index contributed by atoms with van der Waals surface area (Å²) in [5.74, 6) is -2.81. The molecule has 0 unspecified atom stereocenters. The van der Waals surface area contributed by atoms with Gasteiger partial charge in [-0.2, -0.15) is 0 Å². The molecular weight excluding hydrogens is 376 g/mol. The molecule has 4 rings (SSSR count). The molecule has 0 saturated carbocycles. The molecule has 2 fully saturated rings. The minimum atomic E-state index is -2.69. The van der Waals surface area contributed by atoms with E-state index in [1.807, 2.05) is 23.1 Å². The summed E-state index contributed by atoms with van der Waals surface area (Å²) < 4.78 is 29.7. The van der Waals surface area contributed by atoms with E-state index in [0.717, 1.165) is 38.8 Å². The summed E-state index contributed by atoms with van der Waals surface area (Å²) in [6.45, 7) is 2.21. The summed E-state index contributed by atoms with van der Waals surface area (Å²) in [7, 11) is 0. The van der Waals surface area contributed by atoms with Gasteiger partial charge < -0.3 is 4.90 Å². The van der Waals surface area contributed by atoms with Crippen molar-refractivity contribution in [1.82, 2.24) is 24.8 Å². The Morgan fingerprint density at radius 3 is 2.69 bits per heavy atom. The maximum atomic E-state index is 14.1. The molecule has 1 aromatic heterocycles. The van der Waals surface area contributed by atoms with E-state index in [9.17, 15) is 13.6 Å². The maximum Gasteiger partial charge on any atom is 0.276 e. The molecule has 2 aliphatic heterocycles. The van der Waals surface area contributed by atoms with Gasteiger partial charge in [0.15, 0.2) is 5.69 Å². The number of aryl methyl sites for hydroxylation is 1. The number of amides is 1. The summed E-state index contributed by atoms with van der Waals surface area (Å²) in [6, 6.07) is 9.77. The van der Waals surface area contributed by atoms with Crippen LogP contribution < -0.4 is 0 Å². The van der Waals surface area contributed by atoms with Crippen LogP contribution in [0, 0.1) is 0 Å². The number of alkyl halides is 2. The van der Waals surface area contributed by atoms with E-state index in [2.05, 4.69) is 22.4 Å². The number of aromatic nitrogens is 3. The van der Waals surface area contributed by atoms with Gasteiger partial charge in [-0.15, -0.1) is 5.10 Å². The highest BCUT2D eigenvalue weighted by Crippen LogP contribution is 2.33. The molecule has 2 saturated heterocycles. The normalized spacial score (nSPS) is 21.7. The van der Waals surface area contributed by atoms with Crippen LogP contribution in [-0.2, 0) is 13.0 Å². The largest absolute Gasteiger partial charge is 0.337 e. The van der Waals surface area contributed by atoms with Crippen molar-refractivity contribution in [3.05, 3.63) is 47.8 Å². The van der Waals surface area contributed by atoms with E-state index >= 15 is 0 Å². The first kappa shape index (κ1) is 19.9. The summed E-state index contributed by atoms with van der Waals surface area (Å²) in [6.07, 6.45) is 5.12. The molecule has 0 N–H and O–H groups in total. The summed E-state index contributed by atoms with van der Waals surface area (Å²) in [5.41, 5.74) is 1.52. The fourth-order valence-electron chi connectivity index (χ4n) is 4.32. The topological polar surface area (TPSA) is 54.3 Å². The van der Waals surface area contributed by atoms with Crippen LogP contribution in [0.3, 0.4) is 0 Å². The molecule has 2 aliphatic rings. The van der Waals surface area contributed by atoms with Crippen molar-refractivity contribution in [1.29, 1.82) is 0 Å². The Morgan fingerprint density at radius 1 is 1.17 bits per heavy atom. The third-order valence-electron chi connectivity index (χ3n) is 5.79. The highest BCUT2D eigenvalue weighted by molar-refractivity contribution is 5.92. The number of rotatable bonds is 7. The zero-order valence-corrected chi connectivity index (χ0v) is 16.5. The average molecular weight is 403 g/mol. The molecule has 0 spiro atoms. The van der Waals surface area contributed by atoms with Crippen molar-refractivity contribution in [2.24, 2.45) is 0 Å². The van der Waals surface area contributed by atoms with E-state index < -0.39 is 5.92 Å². The molecule has 8 heteroatoms. The summed E-state index contributed by atoms with van der Waals surface area (Å²) >= 11 is 0. The number of benzene rings is 1. The fourth-order valence-corrected chi connectivity index (χ4v) is 4.32. The third-order valence-corrected chi connectivity index (χ3v) is 5.79. The zero-order valence-electron chi connectivity index (χ0n) is 16.5. The number of hydrogen-bond acceptors (Lipinski definition) is 4. The Labute approximate surface area is 169 Å². The summed E-state index contributed by atoms with van der Waals surface area (Å²) in [5, 5.41) is 8.01. The molecule has 6 nitrogen and oxygen atoms in total. The van der Waals surface area contributed by atoms with Gasteiger partial charge >= 0.3 is 0 Å². The van der Waals surface area contributed by atoms with Crippen molar-refractivity contribution in [3.63, 3.8) is 0 Å². The van der Waals surface area contributed by atoms with Crippen LogP contribution in [0.25, 0.3) is 0 Å². The summed E-state index contributed by atoms with van der Waals surface area (Å²) in [4.78, 5) is 16.0. The van der Waals surface area contributed by atoms with Crippen molar-refractivity contribution < 1.29 is 13.6 Å². The van der Waals surface area contributed by atoms with E-state index in [1.165, 1.54) is 5.56 Å². The number of hydrogen-bond donors (Lipinski definition) is 0. The van der Waals surface area contributed by atoms with Crippen LogP contribution in [0.1, 0.15) is 41.7 Å². The van der Waals surface area contributed by atoms with Crippen molar-refractivity contribution >= 4 is 5.91 Å². The molecule has 2 aromatic rings. The van der Waals surface area contributed by atoms with Gasteiger partial charge in [0, 0.05) is 25.6 Å². The van der Waals surface area contributed by atoms with Crippen molar-refractivity contribution in [3.8, 4) is 0 Å². The Hall–Kier alpha value is -2.35.